The first-order valence-electron chi connectivity index (χ1n) is 9.01. The molecule has 134 valence electrons. The minimum absolute atomic E-state index is 0.0814. The second kappa shape index (κ2) is 7.06. The zero-order chi connectivity index (χ0) is 17.2. The second-order valence-corrected chi connectivity index (χ2v) is 7.04. The fourth-order valence-corrected chi connectivity index (χ4v) is 3.77. The van der Waals surface area contributed by atoms with Gasteiger partial charge in [0.15, 0.2) is 0 Å². The van der Waals surface area contributed by atoms with Crippen molar-refractivity contribution in [2.75, 3.05) is 33.3 Å². The number of furan rings is 1. The summed E-state index contributed by atoms with van der Waals surface area (Å²) in [6.45, 7) is 3.85. The Morgan fingerprint density at radius 1 is 1.40 bits per heavy atom. The molecule has 1 aromatic carbocycles. The number of hydrogen-bond acceptors (Lipinski definition) is 4. The molecule has 2 saturated heterocycles. The van der Waals surface area contributed by atoms with Crippen LogP contribution in [0.3, 0.4) is 0 Å². The molecule has 0 aliphatic carbocycles. The smallest absolute Gasteiger partial charge is 0.317 e. The van der Waals surface area contributed by atoms with E-state index < -0.39 is 0 Å². The van der Waals surface area contributed by atoms with Crippen LogP contribution in [0.5, 0.6) is 0 Å². The third-order valence-electron chi connectivity index (χ3n) is 5.16. The van der Waals surface area contributed by atoms with E-state index in [0.717, 1.165) is 36.4 Å². The number of hydrogen-bond donors (Lipinski definition) is 1. The van der Waals surface area contributed by atoms with Crippen molar-refractivity contribution in [1.29, 1.82) is 0 Å². The number of fused-ring (bicyclic) bond motifs is 2. The summed E-state index contributed by atoms with van der Waals surface area (Å²) in [5, 5.41) is 4.04. The first kappa shape index (κ1) is 16.4. The fraction of sp³-hybridized carbons (Fsp3) is 0.526. The Kier molecular flexibility index (Phi) is 4.63. The lowest BCUT2D eigenvalue weighted by Crippen LogP contribution is -2.51. The van der Waals surface area contributed by atoms with Crippen LogP contribution in [0.1, 0.15) is 18.6 Å². The normalized spacial score (nSPS) is 23.6. The maximum absolute atomic E-state index is 12.3. The quantitative estimate of drug-likeness (QED) is 0.926. The molecule has 0 spiro atoms. The molecule has 2 amide bonds. The number of rotatable bonds is 4. The Bertz CT molecular complexity index is 711. The number of ether oxygens (including phenoxy) is 1. The lowest BCUT2D eigenvalue weighted by molar-refractivity contribution is -0.0460. The van der Waals surface area contributed by atoms with Gasteiger partial charge in [-0.2, -0.15) is 0 Å². The summed E-state index contributed by atoms with van der Waals surface area (Å²) in [5.41, 5.74) is 0.849. The Balaban J connectivity index is 1.27. The van der Waals surface area contributed by atoms with Crippen molar-refractivity contribution in [2.24, 2.45) is 0 Å². The number of nitrogens with zero attached hydrogens (tertiary/aromatic N) is 2. The first-order chi connectivity index (χ1) is 12.2. The van der Waals surface area contributed by atoms with Crippen molar-refractivity contribution in [3.05, 3.63) is 36.1 Å². The van der Waals surface area contributed by atoms with Crippen molar-refractivity contribution < 1.29 is 13.9 Å². The van der Waals surface area contributed by atoms with E-state index in [4.69, 9.17) is 9.15 Å². The summed E-state index contributed by atoms with van der Waals surface area (Å²) < 4.78 is 11.7. The highest BCUT2D eigenvalue weighted by molar-refractivity contribution is 5.78. The van der Waals surface area contributed by atoms with Crippen LogP contribution in [0.25, 0.3) is 11.0 Å². The number of carbonyl (C=O) groups is 1. The standard InChI is InChI=1S/C19H25N3O3/c1-21(11-16-9-14-5-2-3-7-18(14)25-16)19(23)20-10-17-12-22-8-4-6-15(22)13-24-17/h2-3,5,7,9,15,17H,4,6,8,10-13H2,1H3,(H,20,23)/t15-,17-/m1/s1. The molecule has 4 rings (SSSR count). The van der Waals surface area contributed by atoms with Gasteiger partial charge in [-0.05, 0) is 31.5 Å². The predicted octanol–water partition coefficient (Wildman–Crippen LogP) is 2.44. The van der Waals surface area contributed by atoms with E-state index >= 15 is 0 Å². The molecule has 1 N–H and O–H groups in total. The molecule has 2 aliphatic rings. The molecular weight excluding hydrogens is 318 g/mol. The van der Waals surface area contributed by atoms with Crippen LogP contribution < -0.4 is 5.32 Å². The fourth-order valence-electron chi connectivity index (χ4n) is 3.77. The number of para-hydroxylation sites is 1. The van der Waals surface area contributed by atoms with Gasteiger partial charge in [-0.15, -0.1) is 0 Å². The topological polar surface area (TPSA) is 58.0 Å². The zero-order valence-electron chi connectivity index (χ0n) is 14.6. The third kappa shape index (κ3) is 3.65. The van der Waals surface area contributed by atoms with Crippen LogP contribution in [-0.2, 0) is 11.3 Å². The number of nitrogens with one attached hydrogen (secondary N) is 1. The summed E-state index contributed by atoms with van der Waals surface area (Å²) in [4.78, 5) is 16.5. The van der Waals surface area contributed by atoms with Gasteiger partial charge < -0.3 is 19.4 Å². The summed E-state index contributed by atoms with van der Waals surface area (Å²) >= 11 is 0. The molecular formula is C19H25N3O3. The van der Waals surface area contributed by atoms with Crippen LogP contribution in [0, 0.1) is 0 Å². The first-order valence-corrected chi connectivity index (χ1v) is 9.01. The Morgan fingerprint density at radius 2 is 2.28 bits per heavy atom. The van der Waals surface area contributed by atoms with Gasteiger partial charge in [-0.25, -0.2) is 4.79 Å². The van der Waals surface area contributed by atoms with Crippen molar-refractivity contribution >= 4 is 17.0 Å². The summed E-state index contributed by atoms with van der Waals surface area (Å²) in [6.07, 6.45) is 2.57. The predicted molar refractivity (Wildman–Crippen MR) is 95.4 cm³/mol. The molecule has 0 saturated carbocycles. The molecule has 2 aliphatic heterocycles. The highest BCUT2D eigenvalue weighted by Crippen LogP contribution is 2.22. The average molecular weight is 343 g/mol. The number of morpholine rings is 1. The molecule has 0 bridgehead atoms. The summed E-state index contributed by atoms with van der Waals surface area (Å²) in [5.74, 6) is 0.785. The minimum atomic E-state index is -0.104. The lowest BCUT2D eigenvalue weighted by Gasteiger charge is -2.35. The molecule has 3 heterocycles. The Morgan fingerprint density at radius 3 is 3.16 bits per heavy atom. The third-order valence-corrected chi connectivity index (χ3v) is 5.16. The van der Waals surface area contributed by atoms with Crippen molar-refractivity contribution in [1.82, 2.24) is 15.1 Å². The summed E-state index contributed by atoms with van der Waals surface area (Å²) in [6, 6.07) is 10.3. The molecule has 1 aromatic heterocycles. The van der Waals surface area contributed by atoms with Gasteiger partial charge in [0.2, 0.25) is 0 Å². The molecule has 0 unspecified atom stereocenters. The lowest BCUT2D eigenvalue weighted by atomic mass is 10.2. The number of carbonyl (C=O) groups excluding carboxylic acids is 1. The van der Waals surface area contributed by atoms with E-state index in [1.54, 1.807) is 11.9 Å². The zero-order valence-corrected chi connectivity index (χ0v) is 14.6. The maximum atomic E-state index is 12.3. The number of benzene rings is 1. The van der Waals surface area contributed by atoms with Crippen LogP contribution in [-0.4, -0.2) is 61.3 Å². The van der Waals surface area contributed by atoms with Crippen molar-refractivity contribution in [3.8, 4) is 0 Å². The van der Waals surface area contributed by atoms with Gasteiger partial charge in [0, 0.05) is 31.6 Å². The minimum Gasteiger partial charge on any atom is -0.459 e. The number of amides is 2. The monoisotopic (exact) mass is 343 g/mol. The van der Waals surface area contributed by atoms with Crippen LogP contribution in [0.4, 0.5) is 4.79 Å². The molecule has 2 fully saturated rings. The van der Waals surface area contributed by atoms with Gasteiger partial charge in [0.25, 0.3) is 0 Å². The second-order valence-electron chi connectivity index (χ2n) is 7.04. The highest BCUT2D eigenvalue weighted by Gasteiger charge is 2.32. The van der Waals surface area contributed by atoms with Gasteiger partial charge in [-0.3, -0.25) is 4.90 Å². The van der Waals surface area contributed by atoms with Crippen LogP contribution in [0.15, 0.2) is 34.7 Å². The molecule has 2 atom stereocenters. The van der Waals surface area contributed by atoms with Gasteiger partial charge in [0.05, 0.1) is 19.3 Å². The van der Waals surface area contributed by atoms with E-state index in [9.17, 15) is 4.79 Å². The van der Waals surface area contributed by atoms with Gasteiger partial charge in [0.1, 0.15) is 11.3 Å². The number of urea groups is 1. The Labute approximate surface area is 147 Å². The van der Waals surface area contributed by atoms with E-state index in [2.05, 4.69) is 10.2 Å². The largest absolute Gasteiger partial charge is 0.459 e. The van der Waals surface area contributed by atoms with E-state index in [1.165, 1.54) is 12.8 Å². The average Bonchev–Trinajstić information content (AvgIpc) is 3.24. The van der Waals surface area contributed by atoms with Gasteiger partial charge in [-0.1, -0.05) is 18.2 Å². The van der Waals surface area contributed by atoms with Crippen molar-refractivity contribution in [2.45, 2.75) is 31.5 Å². The Hall–Kier alpha value is -2.05. The maximum Gasteiger partial charge on any atom is 0.317 e. The molecule has 2 aromatic rings. The molecule has 25 heavy (non-hydrogen) atoms. The van der Waals surface area contributed by atoms with E-state index in [0.29, 0.717) is 19.1 Å². The molecule has 6 nitrogen and oxygen atoms in total. The molecule has 0 radical (unpaired) electrons. The van der Waals surface area contributed by atoms with Gasteiger partial charge >= 0.3 is 6.03 Å². The van der Waals surface area contributed by atoms with Crippen LogP contribution >= 0.6 is 0 Å². The SMILES string of the molecule is CN(Cc1cc2ccccc2o1)C(=O)NC[C@@H]1CN2CCC[C@@H]2CO1. The van der Waals surface area contributed by atoms with E-state index in [-0.39, 0.29) is 12.1 Å². The van der Waals surface area contributed by atoms with Crippen LogP contribution in [0.2, 0.25) is 0 Å². The highest BCUT2D eigenvalue weighted by atomic mass is 16.5. The van der Waals surface area contributed by atoms with Crippen molar-refractivity contribution in [3.63, 3.8) is 0 Å². The van der Waals surface area contributed by atoms with E-state index in [1.807, 2.05) is 30.3 Å². The summed E-state index contributed by atoms with van der Waals surface area (Å²) in [7, 11) is 1.78. The molecule has 6 heteroatoms.